The molecule has 2 aromatic rings. The first-order valence-electron chi connectivity index (χ1n) is 11.1. The van der Waals surface area contributed by atoms with E-state index in [4.69, 9.17) is 9.47 Å². The van der Waals surface area contributed by atoms with Crippen molar-refractivity contribution in [3.8, 4) is 0 Å². The summed E-state index contributed by atoms with van der Waals surface area (Å²) >= 11 is 0. The third kappa shape index (κ3) is 10.3. The molecule has 0 aromatic heterocycles. The van der Waals surface area contributed by atoms with E-state index < -0.39 is 23.8 Å². The number of carbonyl (C=O) groups is 1. The smallest absolute Gasteiger partial charge is 0.407 e. The quantitative estimate of drug-likeness (QED) is 0.489. The van der Waals surface area contributed by atoms with Crippen LogP contribution in [-0.4, -0.2) is 47.6 Å². The summed E-state index contributed by atoms with van der Waals surface area (Å²) < 4.78 is 11.3. The molecule has 0 heterocycles. The maximum absolute atomic E-state index is 12.4. The molecule has 0 fully saturated rings. The fourth-order valence-electron chi connectivity index (χ4n) is 3.18. The van der Waals surface area contributed by atoms with Crippen molar-refractivity contribution in [2.75, 3.05) is 13.2 Å². The van der Waals surface area contributed by atoms with E-state index in [2.05, 4.69) is 10.6 Å². The van der Waals surface area contributed by atoms with E-state index in [1.807, 2.05) is 95.3 Å². The molecule has 0 saturated heterocycles. The molecule has 0 unspecified atom stereocenters. The highest BCUT2D eigenvalue weighted by atomic mass is 16.6. The van der Waals surface area contributed by atoms with Crippen LogP contribution in [0, 0.1) is 0 Å². The average Bonchev–Trinajstić information content (AvgIpc) is 2.72. The summed E-state index contributed by atoms with van der Waals surface area (Å²) in [7, 11) is 0. The first kappa shape index (κ1) is 25.8. The first-order valence-corrected chi connectivity index (χ1v) is 11.1. The molecule has 0 radical (unpaired) electrons. The number of ether oxygens (including phenoxy) is 2. The number of hydrogen-bond acceptors (Lipinski definition) is 5. The molecular formula is C26H38N2O4. The van der Waals surface area contributed by atoms with Gasteiger partial charge in [-0.15, -0.1) is 0 Å². The summed E-state index contributed by atoms with van der Waals surface area (Å²) in [5.74, 6) is 0. The van der Waals surface area contributed by atoms with Crippen molar-refractivity contribution in [3.05, 3.63) is 71.8 Å². The molecule has 2 atom stereocenters. The van der Waals surface area contributed by atoms with E-state index in [1.165, 1.54) is 0 Å². The summed E-state index contributed by atoms with van der Waals surface area (Å²) in [6, 6.07) is 19.3. The van der Waals surface area contributed by atoms with Crippen LogP contribution in [0.2, 0.25) is 0 Å². The van der Waals surface area contributed by atoms with Crippen molar-refractivity contribution in [1.29, 1.82) is 0 Å². The number of amides is 1. The molecule has 0 aliphatic heterocycles. The van der Waals surface area contributed by atoms with Crippen LogP contribution < -0.4 is 10.6 Å². The lowest BCUT2D eigenvalue weighted by atomic mass is 10.00. The third-order valence-electron chi connectivity index (χ3n) is 4.83. The standard InChI is InChI=1S/C26H38N2O4/c1-25(2,3)32-24(30)28-22(16-20-12-8-6-9-13-20)23(29)17-27-26(4,5)19-31-18-21-14-10-7-11-15-21/h6-15,22-23,27,29H,16-19H2,1-5H3,(H,28,30)/t22-,23+/m0/s1. The van der Waals surface area contributed by atoms with Crippen LogP contribution in [0.1, 0.15) is 45.7 Å². The van der Waals surface area contributed by atoms with Gasteiger partial charge in [0.15, 0.2) is 0 Å². The van der Waals surface area contributed by atoms with E-state index in [1.54, 1.807) is 0 Å². The second-order valence-electron chi connectivity index (χ2n) is 9.75. The topological polar surface area (TPSA) is 79.8 Å². The van der Waals surface area contributed by atoms with Crippen LogP contribution in [-0.2, 0) is 22.5 Å². The number of rotatable bonds is 11. The molecule has 1 amide bonds. The predicted molar refractivity (Wildman–Crippen MR) is 127 cm³/mol. The number of carbonyl (C=O) groups excluding carboxylic acids is 1. The zero-order valence-electron chi connectivity index (χ0n) is 19.9. The number of aliphatic hydroxyl groups is 1. The number of nitrogens with one attached hydrogen (secondary N) is 2. The van der Waals surface area contributed by atoms with Gasteiger partial charge in [0.25, 0.3) is 0 Å². The largest absolute Gasteiger partial charge is 0.444 e. The minimum atomic E-state index is -0.809. The highest BCUT2D eigenvalue weighted by Crippen LogP contribution is 2.12. The first-order chi connectivity index (χ1) is 15.0. The normalized spacial score (nSPS) is 13.9. The highest BCUT2D eigenvalue weighted by molar-refractivity contribution is 5.68. The van der Waals surface area contributed by atoms with Crippen LogP contribution in [0.5, 0.6) is 0 Å². The van der Waals surface area contributed by atoms with Gasteiger partial charge >= 0.3 is 6.09 Å². The number of benzene rings is 2. The van der Waals surface area contributed by atoms with E-state index in [0.29, 0.717) is 26.2 Å². The Hall–Kier alpha value is -2.41. The van der Waals surface area contributed by atoms with Gasteiger partial charge in [0, 0.05) is 12.1 Å². The lowest BCUT2D eigenvalue weighted by Crippen LogP contribution is -2.53. The molecule has 0 bridgehead atoms. The fraction of sp³-hybridized carbons (Fsp3) is 0.500. The Morgan fingerprint density at radius 1 is 0.938 bits per heavy atom. The summed E-state index contributed by atoms with van der Waals surface area (Å²) in [5, 5.41) is 17.1. The second kappa shape index (κ2) is 12.0. The number of β-amino-alcohol motifs (C(OH)–C–C–N with tert-alkyl or cyclic N) is 1. The third-order valence-corrected chi connectivity index (χ3v) is 4.83. The van der Waals surface area contributed by atoms with Crippen molar-refractivity contribution in [2.45, 2.75) is 70.9 Å². The molecule has 2 rings (SSSR count). The van der Waals surface area contributed by atoms with Gasteiger partial charge in [-0.2, -0.15) is 0 Å². The molecular weight excluding hydrogens is 404 g/mol. The Kier molecular flexibility index (Phi) is 9.69. The van der Waals surface area contributed by atoms with Gasteiger partial charge in [0.1, 0.15) is 5.60 Å². The summed E-state index contributed by atoms with van der Waals surface area (Å²) in [6.07, 6.45) is -0.854. The van der Waals surface area contributed by atoms with E-state index in [-0.39, 0.29) is 5.54 Å². The molecule has 0 spiro atoms. The van der Waals surface area contributed by atoms with Gasteiger partial charge < -0.3 is 25.2 Å². The Labute approximate surface area is 192 Å². The molecule has 0 aliphatic carbocycles. The van der Waals surface area contributed by atoms with E-state index >= 15 is 0 Å². The Morgan fingerprint density at radius 2 is 1.50 bits per heavy atom. The summed E-state index contributed by atoms with van der Waals surface area (Å²) in [4.78, 5) is 12.4. The van der Waals surface area contributed by atoms with E-state index in [0.717, 1.165) is 11.1 Å². The number of alkyl carbamates (subject to hydrolysis) is 1. The van der Waals surface area contributed by atoms with Crippen LogP contribution in [0.4, 0.5) is 4.79 Å². The molecule has 6 heteroatoms. The molecule has 3 N–H and O–H groups in total. The zero-order chi connectivity index (χ0) is 23.6. The summed E-state index contributed by atoms with van der Waals surface area (Å²) in [6.45, 7) is 10.8. The SMILES string of the molecule is CC(C)(COCc1ccccc1)NC[C@@H](O)[C@H](Cc1ccccc1)NC(=O)OC(C)(C)C. The number of hydrogen-bond donors (Lipinski definition) is 3. The maximum atomic E-state index is 12.4. The van der Waals surface area contributed by atoms with Crippen molar-refractivity contribution in [3.63, 3.8) is 0 Å². The van der Waals surface area contributed by atoms with Gasteiger partial charge in [-0.1, -0.05) is 60.7 Å². The second-order valence-corrected chi connectivity index (χ2v) is 9.75. The van der Waals surface area contributed by atoms with Gasteiger partial charge in [-0.3, -0.25) is 0 Å². The molecule has 0 saturated carbocycles. The minimum Gasteiger partial charge on any atom is -0.444 e. The summed E-state index contributed by atoms with van der Waals surface area (Å²) in [5.41, 5.74) is 1.19. The van der Waals surface area contributed by atoms with Gasteiger partial charge in [0.2, 0.25) is 0 Å². The molecule has 2 aromatic carbocycles. The Bertz CT molecular complexity index is 804. The molecule has 32 heavy (non-hydrogen) atoms. The molecule has 176 valence electrons. The van der Waals surface area contributed by atoms with Gasteiger partial charge in [-0.05, 0) is 52.2 Å². The van der Waals surface area contributed by atoms with Crippen molar-refractivity contribution in [1.82, 2.24) is 10.6 Å². The molecule has 6 nitrogen and oxygen atoms in total. The highest BCUT2D eigenvalue weighted by Gasteiger charge is 2.27. The van der Waals surface area contributed by atoms with Gasteiger partial charge in [0.05, 0.1) is 25.4 Å². The van der Waals surface area contributed by atoms with E-state index in [9.17, 15) is 9.90 Å². The molecule has 0 aliphatic rings. The predicted octanol–water partition coefficient (Wildman–Crippen LogP) is 4.07. The van der Waals surface area contributed by atoms with Crippen molar-refractivity contribution >= 4 is 6.09 Å². The average molecular weight is 443 g/mol. The van der Waals surface area contributed by atoms with Crippen LogP contribution in [0.25, 0.3) is 0 Å². The van der Waals surface area contributed by atoms with Crippen molar-refractivity contribution in [2.24, 2.45) is 0 Å². The number of aliphatic hydroxyl groups excluding tert-OH is 1. The van der Waals surface area contributed by atoms with Crippen LogP contribution in [0.3, 0.4) is 0 Å². The van der Waals surface area contributed by atoms with Crippen LogP contribution in [0.15, 0.2) is 60.7 Å². The van der Waals surface area contributed by atoms with Gasteiger partial charge in [-0.25, -0.2) is 4.79 Å². The lowest BCUT2D eigenvalue weighted by molar-refractivity contribution is 0.0380. The van der Waals surface area contributed by atoms with Crippen molar-refractivity contribution < 1.29 is 19.4 Å². The lowest BCUT2D eigenvalue weighted by Gasteiger charge is -2.31. The minimum absolute atomic E-state index is 0.301. The Morgan fingerprint density at radius 3 is 2.06 bits per heavy atom. The monoisotopic (exact) mass is 442 g/mol. The maximum Gasteiger partial charge on any atom is 0.407 e. The Balaban J connectivity index is 1.91. The van der Waals surface area contributed by atoms with Crippen LogP contribution >= 0.6 is 0 Å². The zero-order valence-corrected chi connectivity index (χ0v) is 19.9. The fourth-order valence-corrected chi connectivity index (χ4v) is 3.18.